The zero-order valence-electron chi connectivity index (χ0n) is 10.1. The molecule has 0 aliphatic carbocycles. The van der Waals surface area contributed by atoms with Gasteiger partial charge in [0.15, 0.2) is 11.0 Å². The largest absolute Gasteiger partial charge is 0.350 e. The topological polar surface area (TPSA) is 29.0 Å². The predicted molar refractivity (Wildman–Crippen MR) is 75.3 cm³/mol. The van der Waals surface area contributed by atoms with Gasteiger partial charge in [0, 0.05) is 24.5 Å². The Morgan fingerprint density at radius 2 is 1.89 bits per heavy atom. The van der Waals surface area contributed by atoms with Crippen LogP contribution in [0.25, 0.3) is 0 Å². The van der Waals surface area contributed by atoms with Crippen LogP contribution in [-0.4, -0.2) is 17.0 Å². The van der Waals surface area contributed by atoms with E-state index in [-0.39, 0.29) is 6.04 Å². The summed E-state index contributed by atoms with van der Waals surface area (Å²) < 4.78 is 0. The van der Waals surface area contributed by atoms with Crippen LogP contribution in [0.5, 0.6) is 0 Å². The number of halogens is 2. The Morgan fingerprint density at radius 1 is 1.17 bits per heavy atom. The lowest BCUT2D eigenvalue weighted by atomic mass is 10.1. The van der Waals surface area contributed by atoms with Gasteiger partial charge in [0.2, 0.25) is 0 Å². The average molecular weight is 282 g/mol. The van der Waals surface area contributed by atoms with E-state index in [1.54, 1.807) is 12.4 Å². The van der Waals surface area contributed by atoms with Crippen LogP contribution in [0.3, 0.4) is 0 Å². The highest BCUT2D eigenvalue weighted by Gasteiger charge is 2.16. The SMILES string of the molecule is CC(c1cccc(Cl)c1)N(C)c1nccnc1Cl. The first kappa shape index (κ1) is 13.1. The molecule has 18 heavy (non-hydrogen) atoms. The van der Waals surface area contributed by atoms with E-state index in [1.165, 1.54) is 0 Å². The number of hydrogen-bond acceptors (Lipinski definition) is 3. The second-order valence-electron chi connectivity index (χ2n) is 4.01. The van der Waals surface area contributed by atoms with E-state index in [0.717, 1.165) is 10.6 Å². The van der Waals surface area contributed by atoms with Gasteiger partial charge in [-0.3, -0.25) is 0 Å². The molecule has 2 rings (SSSR count). The minimum atomic E-state index is 0.109. The van der Waals surface area contributed by atoms with E-state index in [4.69, 9.17) is 23.2 Å². The molecule has 1 unspecified atom stereocenters. The molecule has 94 valence electrons. The fourth-order valence-electron chi connectivity index (χ4n) is 1.72. The van der Waals surface area contributed by atoms with Crippen molar-refractivity contribution in [1.82, 2.24) is 9.97 Å². The van der Waals surface area contributed by atoms with Gasteiger partial charge in [0.1, 0.15) is 0 Å². The molecule has 1 atom stereocenters. The Balaban J connectivity index is 2.29. The third-order valence-electron chi connectivity index (χ3n) is 2.88. The van der Waals surface area contributed by atoms with E-state index in [2.05, 4.69) is 16.9 Å². The fourth-order valence-corrected chi connectivity index (χ4v) is 2.16. The number of hydrogen-bond donors (Lipinski definition) is 0. The third kappa shape index (κ3) is 2.74. The molecule has 0 aliphatic heterocycles. The highest BCUT2D eigenvalue weighted by molar-refractivity contribution is 6.31. The van der Waals surface area contributed by atoms with Gasteiger partial charge in [-0.25, -0.2) is 9.97 Å². The Kier molecular flexibility index (Phi) is 4.04. The van der Waals surface area contributed by atoms with Crippen molar-refractivity contribution < 1.29 is 0 Å². The van der Waals surface area contributed by atoms with Gasteiger partial charge >= 0.3 is 0 Å². The van der Waals surface area contributed by atoms with Crippen LogP contribution in [-0.2, 0) is 0 Å². The summed E-state index contributed by atoms with van der Waals surface area (Å²) >= 11 is 12.0. The number of aromatic nitrogens is 2. The minimum Gasteiger partial charge on any atom is -0.350 e. The molecule has 3 nitrogen and oxygen atoms in total. The van der Waals surface area contributed by atoms with Crippen LogP contribution < -0.4 is 4.90 Å². The molecule has 0 fully saturated rings. The summed E-state index contributed by atoms with van der Waals surface area (Å²) in [7, 11) is 1.93. The van der Waals surface area contributed by atoms with Crippen molar-refractivity contribution >= 4 is 29.0 Å². The molecule has 0 saturated heterocycles. The van der Waals surface area contributed by atoms with Crippen LogP contribution >= 0.6 is 23.2 Å². The monoisotopic (exact) mass is 281 g/mol. The van der Waals surface area contributed by atoms with Gasteiger partial charge in [-0.05, 0) is 24.6 Å². The molecule has 0 saturated carbocycles. The first-order chi connectivity index (χ1) is 8.59. The van der Waals surface area contributed by atoms with Gasteiger partial charge in [0.05, 0.1) is 6.04 Å². The molecule has 0 radical (unpaired) electrons. The number of nitrogens with zero attached hydrogens (tertiary/aromatic N) is 3. The summed E-state index contributed by atoms with van der Waals surface area (Å²) in [4.78, 5) is 10.2. The minimum absolute atomic E-state index is 0.109. The van der Waals surface area contributed by atoms with Gasteiger partial charge in [-0.1, -0.05) is 35.3 Å². The van der Waals surface area contributed by atoms with Gasteiger partial charge in [0.25, 0.3) is 0 Å². The zero-order chi connectivity index (χ0) is 13.1. The van der Waals surface area contributed by atoms with E-state index >= 15 is 0 Å². The summed E-state index contributed by atoms with van der Waals surface area (Å²) in [6.07, 6.45) is 3.20. The zero-order valence-corrected chi connectivity index (χ0v) is 11.7. The first-order valence-electron chi connectivity index (χ1n) is 5.54. The maximum atomic E-state index is 6.04. The van der Waals surface area contributed by atoms with E-state index in [0.29, 0.717) is 11.0 Å². The van der Waals surface area contributed by atoms with Gasteiger partial charge in [-0.2, -0.15) is 0 Å². The molecule has 1 heterocycles. The van der Waals surface area contributed by atoms with Crippen LogP contribution in [0.1, 0.15) is 18.5 Å². The summed E-state index contributed by atoms with van der Waals surface area (Å²) in [6.45, 7) is 2.07. The van der Waals surface area contributed by atoms with Crippen molar-refractivity contribution in [2.75, 3.05) is 11.9 Å². The first-order valence-corrected chi connectivity index (χ1v) is 6.30. The number of anilines is 1. The maximum absolute atomic E-state index is 6.04. The molecule has 5 heteroatoms. The standard InChI is InChI=1S/C13H13Cl2N3/c1-9(10-4-3-5-11(14)8-10)18(2)13-12(15)16-6-7-17-13/h3-9H,1-2H3. The van der Waals surface area contributed by atoms with Crippen LogP contribution in [0.4, 0.5) is 5.82 Å². The highest BCUT2D eigenvalue weighted by Crippen LogP contribution is 2.28. The van der Waals surface area contributed by atoms with E-state index in [9.17, 15) is 0 Å². The van der Waals surface area contributed by atoms with Crippen molar-refractivity contribution in [3.05, 3.63) is 52.4 Å². The second kappa shape index (κ2) is 5.55. The molecular weight excluding hydrogens is 269 g/mol. The quantitative estimate of drug-likeness (QED) is 0.852. The van der Waals surface area contributed by atoms with Crippen LogP contribution in [0.15, 0.2) is 36.7 Å². The van der Waals surface area contributed by atoms with Crippen molar-refractivity contribution in [1.29, 1.82) is 0 Å². The molecule has 0 spiro atoms. The van der Waals surface area contributed by atoms with Crippen molar-refractivity contribution in [3.63, 3.8) is 0 Å². The molecule has 0 bridgehead atoms. The molecular formula is C13H13Cl2N3. The molecule has 1 aromatic heterocycles. The molecule has 2 aromatic rings. The third-order valence-corrected chi connectivity index (χ3v) is 3.38. The van der Waals surface area contributed by atoms with Crippen molar-refractivity contribution in [2.24, 2.45) is 0 Å². The van der Waals surface area contributed by atoms with Crippen molar-refractivity contribution in [3.8, 4) is 0 Å². The van der Waals surface area contributed by atoms with Crippen molar-refractivity contribution in [2.45, 2.75) is 13.0 Å². The Bertz CT molecular complexity index is 545. The summed E-state index contributed by atoms with van der Waals surface area (Å²) in [5.74, 6) is 0.659. The summed E-state index contributed by atoms with van der Waals surface area (Å²) in [6, 6.07) is 7.86. The van der Waals surface area contributed by atoms with Gasteiger partial charge in [-0.15, -0.1) is 0 Å². The lowest BCUT2D eigenvalue weighted by Gasteiger charge is -2.26. The highest BCUT2D eigenvalue weighted by atomic mass is 35.5. The molecule has 0 amide bonds. The maximum Gasteiger partial charge on any atom is 0.171 e. The predicted octanol–water partition coefficient (Wildman–Crippen LogP) is 3.98. The summed E-state index contributed by atoms with van der Waals surface area (Å²) in [5.41, 5.74) is 1.10. The smallest absolute Gasteiger partial charge is 0.171 e. The average Bonchev–Trinajstić information content (AvgIpc) is 2.37. The van der Waals surface area contributed by atoms with Crippen LogP contribution in [0, 0.1) is 0 Å². The Hall–Kier alpha value is -1.32. The Morgan fingerprint density at radius 3 is 2.56 bits per heavy atom. The summed E-state index contributed by atoms with van der Waals surface area (Å²) in [5, 5.41) is 1.12. The van der Waals surface area contributed by atoms with Gasteiger partial charge < -0.3 is 4.90 Å². The van der Waals surface area contributed by atoms with E-state index in [1.807, 2.05) is 36.2 Å². The number of rotatable bonds is 3. The lowest BCUT2D eigenvalue weighted by molar-refractivity contribution is 0.726. The molecule has 0 aliphatic rings. The fraction of sp³-hybridized carbons (Fsp3) is 0.231. The Labute approximate surface area is 116 Å². The molecule has 0 N–H and O–H groups in total. The van der Waals surface area contributed by atoms with Crippen LogP contribution in [0.2, 0.25) is 10.2 Å². The molecule has 1 aromatic carbocycles. The second-order valence-corrected chi connectivity index (χ2v) is 4.81. The lowest BCUT2D eigenvalue weighted by Crippen LogP contribution is -2.23. The number of benzene rings is 1. The normalized spacial score (nSPS) is 12.2. The van der Waals surface area contributed by atoms with E-state index < -0.39 is 0 Å².